The van der Waals surface area contributed by atoms with Crippen LogP contribution in [0.3, 0.4) is 0 Å². The van der Waals surface area contributed by atoms with Crippen LogP contribution in [0.4, 0.5) is 11.8 Å². The van der Waals surface area contributed by atoms with Gasteiger partial charge in [0.2, 0.25) is 5.95 Å². The van der Waals surface area contributed by atoms with Crippen molar-refractivity contribution in [2.45, 2.75) is 0 Å². The molecule has 0 saturated carbocycles. The number of rotatable bonds is 2. The standard InChI is InChI=1S/C12H13N5/c1-16-8-7-11(15-16)14-12-13-9-5-3-4-6-10(9)17(12)2/h3-8H,1-2H3,(H,13,14,15). The molecule has 0 aliphatic rings. The van der Waals surface area contributed by atoms with Gasteiger partial charge in [-0.15, -0.1) is 0 Å². The maximum Gasteiger partial charge on any atom is 0.209 e. The van der Waals surface area contributed by atoms with Crippen LogP contribution in [0.1, 0.15) is 0 Å². The van der Waals surface area contributed by atoms with Crippen molar-refractivity contribution < 1.29 is 0 Å². The quantitative estimate of drug-likeness (QED) is 0.729. The molecular formula is C12H13N5. The molecule has 0 saturated heterocycles. The number of aryl methyl sites for hydroxylation is 2. The lowest BCUT2D eigenvalue weighted by Crippen LogP contribution is -2.00. The van der Waals surface area contributed by atoms with Gasteiger partial charge < -0.3 is 9.88 Å². The maximum absolute atomic E-state index is 4.52. The van der Waals surface area contributed by atoms with Gasteiger partial charge in [0.15, 0.2) is 5.82 Å². The average Bonchev–Trinajstić information content (AvgIpc) is 2.86. The van der Waals surface area contributed by atoms with Crippen molar-refractivity contribution in [2.24, 2.45) is 14.1 Å². The number of nitrogens with zero attached hydrogens (tertiary/aromatic N) is 4. The van der Waals surface area contributed by atoms with Gasteiger partial charge in [0.25, 0.3) is 0 Å². The molecule has 5 nitrogen and oxygen atoms in total. The van der Waals surface area contributed by atoms with Gasteiger partial charge in [-0.05, 0) is 12.1 Å². The second-order valence-corrected chi connectivity index (χ2v) is 3.98. The summed E-state index contributed by atoms with van der Waals surface area (Å²) in [6.07, 6.45) is 1.89. The Morgan fingerprint density at radius 3 is 2.65 bits per heavy atom. The van der Waals surface area contributed by atoms with Gasteiger partial charge in [-0.25, -0.2) is 4.98 Å². The summed E-state index contributed by atoms with van der Waals surface area (Å²) < 4.78 is 3.77. The smallest absolute Gasteiger partial charge is 0.209 e. The van der Waals surface area contributed by atoms with Gasteiger partial charge in [0, 0.05) is 26.4 Å². The van der Waals surface area contributed by atoms with E-state index >= 15 is 0 Å². The summed E-state index contributed by atoms with van der Waals surface area (Å²) >= 11 is 0. The van der Waals surface area contributed by atoms with Crippen LogP contribution in [-0.2, 0) is 14.1 Å². The van der Waals surface area contributed by atoms with Crippen LogP contribution in [0.15, 0.2) is 36.5 Å². The average molecular weight is 227 g/mol. The molecule has 0 aliphatic heterocycles. The SMILES string of the molecule is Cn1ccc(Nc2nc3ccccc3n2C)n1. The molecule has 5 heteroatoms. The second kappa shape index (κ2) is 3.62. The number of anilines is 2. The molecule has 1 aromatic carbocycles. The molecule has 0 unspecified atom stereocenters. The molecule has 0 bridgehead atoms. The zero-order valence-electron chi connectivity index (χ0n) is 9.75. The maximum atomic E-state index is 4.52. The van der Waals surface area contributed by atoms with Crippen LogP contribution in [0.5, 0.6) is 0 Å². The van der Waals surface area contributed by atoms with E-state index in [1.165, 1.54) is 0 Å². The largest absolute Gasteiger partial charge is 0.313 e. The molecule has 17 heavy (non-hydrogen) atoms. The van der Waals surface area contributed by atoms with Gasteiger partial charge in [-0.1, -0.05) is 12.1 Å². The molecule has 3 aromatic rings. The minimum Gasteiger partial charge on any atom is -0.313 e. The lowest BCUT2D eigenvalue weighted by molar-refractivity contribution is 0.770. The summed E-state index contributed by atoms with van der Waals surface area (Å²) in [6, 6.07) is 9.96. The highest BCUT2D eigenvalue weighted by Crippen LogP contribution is 2.19. The lowest BCUT2D eigenvalue weighted by atomic mass is 10.3. The fraction of sp³-hybridized carbons (Fsp3) is 0.167. The van der Waals surface area contributed by atoms with Crippen molar-refractivity contribution in [3.8, 4) is 0 Å². The normalized spacial score (nSPS) is 10.9. The first kappa shape index (κ1) is 9.89. The third-order valence-electron chi connectivity index (χ3n) is 2.74. The Morgan fingerprint density at radius 2 is 1.94 bits per heavy atom. The van der Waals surface area contributed by atoms with Gasteiger partial charge in [-0.2, -0.15) is 5.10 Å². The van der Waals surface area contributed by atoms with Crippen LogP contribution in [0.25, 0.3) is 11.0 Å². The molecule has 0 aliphatic carbocycles. The minimum absolute atomic E-state index is 0.796. The van der Waals surface area contributed by atoms with Gasteiger partial charge in [-0.3, -0.25) is 4.68 Å². The fourth-order valence-corrected chi connectivity index (χ4v) is 1.85. The van der Waals surface area contributed by atoms with Crippen LogP contribution < -0.4 is 5.32 Å². The van der Waals surface area contributed by atoms with Crippen molar-refractivity contribution in [3.63, 3.8) is 0 Å². The molecule has 0 amide bonds. The Bertz CT molecular complexity index is 664. The molecule has 1 N–H and O–H groups in total. The topological polar surface area (TPSA) is 47.7 Å². The number of aromatic nitrogens is 4. The molecule has 0 atom stereocenters. The molecule has 0 fully saturated rings. The fourth-order valence-electron chi connectivity index (χ4n) is 1.85. The van der Waals surface area contributed by atoms with E-state index in [0.29, 0.717) is 0 Å². The van der Waals surface area contributed by atoms with Crippen LogP contribution in [0, 0.1) is 0 Å². The van der Waals surface area contributed by atoms with E-state index in [1.807, 2.05) is 55.2 Å². The molecule has 2 aromatic heterocycles. The Morgan fingerprint density at radius 1 is 1.12 bits per heavy atom. The van der Waals surface area contributed by atoms with Crippen molar-refractivity contribution in [2.75, 3.05) is 5.32 Å². The number of hydrogen-bond donors (Lipinski definition) is 1. The summed E-state index contributed by atoms with van der Waals surface area (Å²) in [5, 5.41) is 7.47. The summed E-state index contributed by atoms with van der Waals surface area (Å²) in [5.74, 6) is 1.59. The van der Waals surface area contributed by atoms with E-state index in [4.69, 9.17) is 0 Å². The van der Waals surface area contributed by atoms with Gasteiger partial charge in [0.05, 0.1) is 11.0 Å². The Kier molecular flexibility index (Phi) is 2.11. The van der Waals surface area contributed by atoms with Crippen molar-refractivity contribution in [1.29, 1.82) is 0 Å². The number of imidazole rings is 1. The number of benzene rings is 1. The first-order valence-electron chi connectivity index (χ1n) is 5.42. The molecule has 86 valence electrons. The summed E-state index contributed by atoms with van der Waals surface area (Å²) in [7, 11) is 3.88. The molecule has 0 spiro atoms. The van der Waals surface area contributed by atoms with Crippen LogP contribution in [0.2, 0.25) is 0 Å². The van der Waals surface area contributed by atoms with Crippen LogP contribution in [-0.4, -0.2) is 19.3 Å². The summed E-state index contributed by atoms with van der Waals surface area (Å²) in [4.78, 5) is 4.52. The third-order valence-corrected chi connectivity index (χ3v) is 2.74. The van der Waals surface area contributed by atoms with E-state index in [1.54, 1.807) is 4.68 Å². The van der Waals surface area contributed by atoms with E-state index in [9.17, 15) is 0 Å². The van der Waals surface area contributed by atoms with E-state index in [0.717, 1.165) is 22.8 Å². The highest BCUT2D eigenvalue weighted by molar-refractivity contribution is 5.79. The first-order chi connectivity index (χ1) is 8.24. The van der Waals surface area contributed by atoms with Crippen molar-refractivity contribution in [1.82, 2.24) is 19.3 Å². The number of fused-ring (bicyclic) bond motifs is 1. The summed E-state index contributed by atoms with van der Waals surface area (Å²) in [6.45, 7) is 0. The monoisotopic (exact) mass is 227 g/mol. The van der Waals surface area contributed by atoms with Crippen molar-refractivity contribution >= 4 is 22.8 Å². The third kappa shape index (κ3) is 1.65. The minimum atomic E-state index is 0.796. The molecule has 3 rings (SSSR count). The van der Waals surface area contributed by atoms with E-state index in [-0.39, 0.29) is 0 Å². The van der Waals surface area contributed by atoms with Gasteiger partial charge >= 0.3 is 0 Å². The molecule has 2 heterocycles. The van der Waals surface area contributed by atoms with Gasteiger partial charge in [0.1, 0.15) is 0 Å². The molecular weight excluding hydrogens is 214 g/mol. The predicted molar refractivity (Wildman–Crippen MR) is 67.2 cm³/mol. The zero-order chi connectivity index (χ0) is 11.8. The zero-order valence-corrected chi connectivity index (χ0v) is 9.75. The summed E-state index contributed by atoms with van der Waals surface area (Å²) in [5.41, 5.74) is 2.08. The Labute approximate surface area is 98.7 Å². The Balaban J connectivity index is 2.03. The molecule has 0 radical (unpaired) electrons. The first-order valence-corrected chi connectivity index (χ1v) is 5.42. The second-order valence-electron chi connectivity index (χ2n) is 3.98. The number of para-hydroxylation sites is 2. The van der Waals surface area contributed by atoms with E-state index in [2.05, 4.69) is 15.4 Å². The Hall–Kier alpha value is -2.30. The number of nitrogens with one attached hydrogen (secondary N) is 1. The lowest BCUT2D eigenvalue weighted by Gasteiger charge is -2.02. The highest BCUT2D eigenvalue weighted by Gasteiger charge is 2.07. The highest BCUT2D eigenvalue weighted by atomic mass is 15.3. The van der Waals surface area contributed by atoms with Crippen molar-refractivity contribution in [3.05, 3.63) is 36.5 Å². The predicted octanol–water partition coefficient (Wildman–Crippen LogP) is 2.05. The number of hydrogen-bond acceptors (Lipinski definition) is 3. The van der Waals surface area contributed by atoms with Crippen LogP contribution >= 0.6 is 0 Å². The van der Waals surface area contributed by atoms with E-state index < -0.39 is 0 Å².